The van der Waals surface area contributed by atoms with Crippen molar-refractivity contribution in [2.24, 2.45) is 7.05 Å². The number of nitrogens with zero attached hydrogens (tertiary/aromatic N) is 3. The summed E-state index contributed by atoms with van der Waals surface area (Å²) in [7, 11) is 1.85. The number of benzene rings is 1. The van der Waals surface area contributed by atoms with Gasteiger partial charge in [-0.3, -0.25) is 4.68 Å². The van der Waals surface area contributed by atoms with E-state index in [1.54, 1.807) is 24.0 Å². The van der Waals surface area contributed by atoms with Crippen molar-refractivity contribution in [2.45, 2.75) is 19.9 Å². The maximum absolute atomic E-state index is 13.1. The van der Waals surface area contributed by atoms with Crippen LogP contribution in [-0.4, -0.2) is 21.3 Å². The predicted molar refractivity (Wildman–Crippen MR) is 67.6 cm³/mol. The summed E-state index contributed by atoms with van der Waals surface area (Å²) in [6, 6.07) is 5.17. The Bertz CT molecular complexity index is 521. The van der Waals surface area contributed by atoms with Gasteiger partial charge in [-0.1, -0.05) is 12.1 Å². The minimum absolute atomic E-state index is 0.156. The second-order valence-electron chi connectivity index (χ2n) is 4.34. The fourth-order valence-corrected chi connectivity index (χ4v) is 1.75. The third-order valence-corrected chi connectivity index (χ3v) is 2.72. The van der Waals surface area contributed by atoms with E-state index in [2.05, 4.69) is 15.4 Å². The van der Waals surface area contributed by atoms with Gasteiger partial charge in [-0.15, -0.1) is 0 Å². The SMILES string of the molecule is Cc1cc(CNCCc2ncn(C)n2)ccc1F. The molecule has 18 heavy (non-hydrogen) atoms. The Morgan fingerprint density at radius 3 is 2.89 bits per heavy atom. The van der Waals surface area contributed by atoms with Crippen molar-refractivity contribution in [3.63, 3.8) is 0 Å². The maximum atomic E-state index is 13.1. The molecule has 0 aliphatic heterocycles. The van der Waals surface area contributed by atoms with Gasteiger partial charge in [-0.25, -0.2) is 9.37 Å². The average Bonchev–Trinajstić information content (AvgIpc) is 2.75. The van der Waals surface area contributed by atoms with Crippen molar-refractivity contribution in [1.82, 2.24) is 20.1 Å². The molecule has 0 unspecified atom stereocenters. The molecule has 0 atom stereocenters. The Labute approximate surface area is 106 Å². The van der Waals surface area contributed by atoms with E-state index in [9.17, 15) is 4.39 Å². The largest absolute Gasteiger partial charge is 0.312 e. The molecule has 0 radical (unpaired) electrons. The van der Waals surface area contributed by atoms with E-state index in [0.717, 1.165) is 30.9 Å². The first kappa shape index (κ1) is 12.7. The highest BCUT2D eigenvalue weighted by Crippen LogP contribution is 2.08. The number of nitrogens with one attached hydrogen (secondary N) is 1. The molecule has 0 spiro atoms. The van der Waals surface area contributed by atoms with Crippen LogP contribution in [0, 0.1) is 12.7 Å². The van der Waals surface area contributed by atoms with Gasteiger partial charge in [0.1, 0.15) is 12.1 Å². The van der Waals surface area contributed by atoms with Crippen LogP contribution in [0.25, 0.3) is 0 Å². The van der Waals surface area contributed by atoms with Crippen LogP contribution in [0.15, 0.2) is 24.5 Å². The molecule has 0 fully saturated rings. The van der Waals surface area contributed by atoms with E-state index in [1.165, 1.54) is 6.07 Å². The average molecular weight is 248 g/mol. The highest BCUT2D eigenvalue weighted by Gasteiger charge is 2.00. The first-order valence-electron chi connectivity index (χ1n) is 5.95. The normalized spacial score (nSPS) is 10.8. The lowest BCUT2D eigenvalue weighted by atomic mass is 10.1. The second-order valence-corrected chi connectivity index (χ2v) is 4.34. The molecule has 0 bridgehead atoms. The van der Waals surface area contributed by atoms with Crippen molar-refractivity contribution in [3.05, 3.63) is 47.3 Å². The molecule has 0 aliphatic rings. The molecule has 4 nitrogen and oxygen atoms in total. The molecule has 1 aromatic heterocycles. The molecular weight excluding hydrogens is 231 g/mol. The van der Waals surface area contributed by atoms with Gasteiger partial charge in [-0.05, 0) is 24.1 Å². The Balaban J connectivity index is 1.76. The number of hydrogen-bond donors (Lipinski definition) is 1. The van der Waals surface area contributed by atoms with Gasteiger partial charge in [-0.2, -0.15) is 5.10 Å². The van der Waals surface area contributed by atoms with Gasteiger partial charge in [0.2, 0.25) is 0 Å². The molecule has 2 aromatic rings. The van der Waals surface area contributed by atoms with E-state index in [1.807, 2.05) is 13.1 Å². The van der Waals surface area contributed by atoms with E-state index < -0.39 is 0 Å². The molecular formula is C13H17FN4. The highest BCUT2D eigenvalue weighted by atomic mass is 19.1. The Kier molecular flexibility index (Phi) is 4.04. The highest BCUT2D eigenvalue weighted by molar-refractivity contribution is 5.23. The van der Waals surface area contributed by atoms with Crippen molar-refractivity contribution in [3.8, 4) is 0 Å². The standard InChI is InChI=1S/C13H17FN4/c1-10-7-11(3-4-12(10)14)8-15-6-5-13-16-9-18(2)17-13/h3-4,7,9,15H,5-6,8H2,1-2H3. The van der Waals surface area contributed by atoms with Gasteiger partial charge >= 0.3 is 0 Å². The summed E-state index contributed by atoms with van der Waals surface area (Å²) in [6.45, 7) is 3.31. The van der Waals surface area contributed by atoms with Crippen LogP contribution < -0.4 is 5.32 Å². The number of aromatic nitrogens is 3. The summed E-state index contributed by atoms with van der Waals surface area (Å²) in [5, 5.41) is 7.49. The van der Waals surface area contributed by atoms with Crippen LogP contribution in [0.3, 0.4) is 0 Å². The van der Waals surface area contributed by atoms with E-state index in [0.29, 0.717) is 5.56 Å². The summed E-state index contributed by atoms with van der Waals surface area (Å²) in [4.78, 5) is 4.15. The Hall–Kier alpha value is -1.75. The van der Waals surface area contributed by atoms with Crippen molar-refractivity contribution in [2.75, 3.05) is 6.54 Å². The summed E-state index contributed by atoms with van der Waals surface area (Å²) in [6.07, 6.45) is 2.49. The molecule has 96 valence electrons. The summed E-state index contributed by atoms with van der Waals surface area (Å²) in [5.41, 5.74) is 1.77. The Morgan fingerprint density at radius 1 is 1.39 bits per heavy atom. The summed E-state index contributed by atoms with van der Waals surface area (Å²) < 4.78 is 14.8. The number of hydrogen-bond acceptors (Lipinski definition) is 3. The molecule has 0 saturated heterocycles. The number of aryl methyl sites for hydroxylation is 2. The zero-order chi connectivity index (χ0) is 13.0. The van der Waals surface area contributed by atoms with Crippen LogP contribution >= 0.6 is 0 Å². The lowest BCUT2D eigenvalue weighted by Crippen LogP contribution is -2.17. The lowest BCUT2D eigenvalue weighted by molar-refractivity contribution is 0.615. The van der Waals surface area contributed by atoms with Crippen LogP contribution in [0.2, 0.25) is 0 Å². The van der Waals surface area contributed by atoms with Gasteiger partial charge in [0.15, 0.2) is 5.82 Å². The smallest absolute Gasteiger partial charge is 0.151 e. The third-order valence-electron chi connectivity index (χ3n) is 2.72. The van der Waals surface area contributed by atoms with Crippen LogP contribution in [-0.2, 0) is 20.0 Å². The number of halogens is 1. The van der Waals surface area contributed by atoms with Gasteiger partial charge in [0, 0.05) is 26.6 Å². The number of rotatable bonds is 5. The van der Waals surface area contributed by atoms with Gasteiger partial charge in [0.05, 0.1) is 0 Å². The van der Waals surface area contributed by atoms with Crippen molar-refractivity contribution >= 4 is 0 Å². The first-order valence-corrected chi connectivity index (χ1v) is 5.95. The topological polar surface area (TPSA) is 42.7 Å². The zero-order valence-electron chi connectivity index (χ0n) is 10.7. The fraction of sp³-hybridized carbons (Fsp3) is 0.385. The van der Waals surface area contributed by atoms with Crippen molar-refractivity contribution < 1.29 is 4.39 Å². The molecule has 0 aliphatic carbocycles. The minimum atomic E-state index is -0.156. The quantitative estimate of drug-likeness (QED) is 0.817. The van der Waals surface area contributed by atoms with Gasteiger partial charge in [0.25, 0.3) is 0 Å². The predicted octanol–water partition coefficient (Wildman–Crippen LogP) is 1.59. The first-order chi connectivity index (χ1) is 8.65. The molecule has 1 heterocycles. The fourth-order valence-electron chi connectivity index (χ4n) is 1.75. The molecule has 0 amide bonds. The van der Waals surface area contributed by atoms with E-state index in [-0.39, 0.29) is 5.82 Å². The molecule has 1 N–H and O–H groups in total. The zero-order valence-corrected chi connectivity index (χ0v) is 10.7. The van der Waals surface area contributed by atoms with Crippen LogP contribution in [0.1, 0.15) is 17.0 Å². The summed E-state index contributed by atoms with van der Waals surface area (Å²) in [5.74, 6) is 0.678. The van der Waals surface area contributed by atoms with E-state index in [4.69, 9.17) is 0 Å². The monoisotopic (exact) mass is 248 g/mol. The van der Waals surface area contributed by atoms with Crippen LogP contribution in [0.4, 0.5) is 4.39 Å². The maximum Gasteiger partial charge on any atom is 0.151 e. The molecule has 2 rings (SSSR count). The molecule has 1 aromatic carbocycles. The van der Waals surface area contributed by atoms with Crippen molar-refractivity contribution in [1.29, 1.82) is 0 Å². The molecule has 5 heteroatoms. The molecule has 0 saturated carbocycles. The van der Waals surface area contributed by atoms with E-state index >= 15 is 0 Å². The van der Waals surface area contributed by atoms with Gasteiger partial charge < -0.3 is 5.32 Å². The Morgan fingerprint density at radius 2 is 2.22 bits per heavy atom. The summed E-state index contributed by atoms with van der Waals surface area (Å²) >= 11 is 0. The lowest BCUT2D eigenvalue weighted by Gasteiger charge is -2.05. The third kappa shape index (κ3) is 3.37. The minimum Gasteiger partial charge on any atom is -0.312 e. The van der Waals surface area contributed by atoms with Crippen LogP contribution in [0.5, 0.6) is 0 Å². The second kappa shape index (κ2) is 5.73.